The van der Waals surface area contributed by atoms with Crippen LogP contribution < -0.4 is 5.32 Å². The van der Waals surface area contributed by atoms with Gasteiger partial charge in [-0.2, -0.15) is 0 Å². The smallest absolute Gasteiger partial charge is 0.317 e. The molecule has 3 fully saturated rings. The predicted molar refractivity (Wildman–Crippen MR) is 98.3 cm³/mol. The van der Waals surface area contributed by atoms with E-state index >= 15 is 0 Å². The molecule has 2 aliphatic heterocycles. The lowest BCUT2D eigenvalue weighted by atomic mass is 9.74. The third-order valence-electron chi connectivity index (χ3n) is 6.58. The Morgan fingerprint density at radius 2 is 1.71 bits per heavy atom. The van der Waals surface area contributed by atoms with E-state index in [2.05, 4.69) is 34.1 Å². The number of likely N-dealkylation sites (tertiary alicyclic amines) is 1. The number of likely N-dealkylation sites (N-methyl/N-ethyl adjacent to an activating group) is 2. The quantitative estimate of drug-likeness (QED) is 0.841. The number of piperidine rings is 1. The van der Waals surface area contributed by atoms with Gasteiger partial charge in [-0.1, -0.05) is 25.7 Å². The average molecular weight is 337 g/mol. The molecule has 2 heterocycles. The topological polar surface area (TPSA) is 38.8 Å². The van der Waals surface area contributed by atoms with Crippen LogP contribution in [-0.4, -0.2) is 80.1 Å². The van der Waals surface area contributed by atoms with Crippen LogP contribution in [0.4, 0.5) is 4.79 Å². The van der Waals surface area contributed by atoms with Crippen molar-refractivity contribution < 1.29 is 4.79 Å². The summed E-state index contributed by atoms with van der Waals surface area (Å²) >= 11 is 0. The normalized spacial score (nSPS) is 29.4. The number of nitrogens with zero attached hydrogens (tertiary/aromatic N) is 3. The van der Waals surface area contributed by atoms with Gasteiger partial charge in [0.15, 0.2) is 0 Å². The summed E-state index contributed by atoms with van der Waals surface area (Å²) in [5.74, 6) is 0. The first-order chi connectivity index (χ1) is 11.6. The van der Waals surface area contributed by atoms with Gasteiger partial charge in [-0.3, -0.25) is 4.90 Å². The van der Waals surface area contributed by atoms with Gasteiger partial charge in [0, 0.05) is 45.3 Å². The third kappa shape index (κ3) is 4.42. The number of amides is 2. The van der Waals surface area contributed by atoms with Gasteiger partial charge in [-0.05, 0) is 45.2 Å². The Hall–Kier alpha value is -0.810. The molecule has 0 aromatic heterocycles. The molecule has 1 spiro atoms. The Bertz CT molecular complexity index is 420. The molecule has 5 heteroatoms. The van der Waals surface area contributed by atoms with Gasteiger partial charge in [0.25, 0.3) is 0 Å². The first kappa shape index (κ1) is 18.0. The van der Waals surface area contributed by atoms with Crippen LogP contribution >= 0.6 is 0 Å². The molecule has 2 amide bonds. The predicted octanol–water partition coefficient (Wildman–Crippen LogP) is 2.38. The second-order valence-electron chi connectivity index (χ2n) is 8.52. The van der Waals surface area contributed by atoms with Crippen molar-refractivity contribution in [3.63, 3.8) is 0 Å². The molecular weight excluding hydrogens is 300 g/mol. The van der Waals surface area contributed by atoms with Crippen molar-refractivity contribution in [3.05, 3.63) is 0 Å². The number of rotatable bonds is 2. The van der Waals surface area contributed by atoms with Crippen molar-refractivity contribution in [2.75, 3.05) is 53.4 Å². The van der Waals surface area contributed by atoms with Crippen LogP contribution in [0.15, 0.2) is 0 Å². The zero-order valence-corrected chi connectivity index (χ0v) is 15.7. The summed E-state index contributed by atoms with van der Waals surface area (Å²) in [5, 5.41) is 3.23. The van der Waals surface area contributed by atoms with Crippen LogP contribution in [0.3, 0.4) is 0 Å². The lowest BCUT2D eigenvalue weighted by Crippen LogP contribution is -2.56. The van der Waals surface area contributed by atoms with Crippen LogP contribution in [0.2, 0.25) is 0 Å². The van der Waals surface area contributed by atoms with Crippen molar-refractivity contribution in [2.45, 2.75) is 57.4 Å². The summed E-state index contributed by atoms with van der Waals surface area (Å²) < 4.78 is 0. The standard InChI is InChI=1S/C19H36N4O/c1-21-12-13-22(2)17(15-21)14-20-18(24)23-11-7-10-19(16-23)8-5-3-4-6-9-19/h17H,3-16H2,1-2H3,(H,20,24)/t17-/m1/s1. The summed E-state index contributed by atoms with van der Waals surface area (Å²) in [6, 6.07) is 0.601. The Kier molecular flexibility index (Phi) is 6.03. The van der Waals surface area contributed by atoms with Crippen LogP contribution in [0.5, 0.6) is 0 Å². The van der Waals surface area contributed by atoms with Gasteiger partial charge in [0.1, 0.15) is 0 Å². The van der Waals surface area contributed by atoms with Crippen LogP contribution in [0.1, 0.15) is 51.4 Å². The third-order valence-corrected chi connectivity index (χ3v) is 6.58. The molecule has 5 nitrogen and oxygen atoms in total. The fourth-order valence-corrected chi connectivity index (χ4v) is 4.91. The van der Waals surface area contributed by atoms with Crippen LogP contribution in [-0.2, 0) is 0 Å². The Balaban J connectivity index is 1.51. The van der Waals surface area contributed by atoms with Crippen LogP contribution in [0.25, 0.3) is 0 Å². The van der Waals surface area contributed by atoms with E-state index in [9.17, 15) is 4.79 Å². The van der Waals surface area contributed by atoms with E-state index in [-0.39, 0.29) is 6.03 Å². The van der Waals surface area contributed by atoms with E-state index in [0.717, 1.165) is 39.3 Å². The maximum absolute atomic E-state index is 12.7. The average Bonchev–Trinajstić information content (AvgIpc) is 2.81. The fourth-order valence-electron chi connectivity index (χ4n) is 4.91. The second kappa shape index (κ2) is 8.05. The summed E-state index contributed by atoms with van der Waals surface area (Å²) in [6.07, 6.45) is 10.6. The molecule has 138 valence electrons. The molecule has 1 saturated carbocycles. The van der Waals surface area contributed by atoms with Gasteiger partial charge in [-0.25, -0.2) is 4.79 Å². The van der Waals surface area contributed by atoms with Crippen molar-refractivity contribution in [1.29, 1.82) is 0 Å². The minimum Gasteiger partial charge on any atom is -0.336 e. The fraction of sp³-hybridized carbons (Fsp3) is 0.947. The van der Waals surface area contributed by atoms with Gasteiger partial charge >= 0.3 is 6.03 Å². The number of piperazine rings is 1. The summed E-state index contributed by atoms with van der Waals surface area (Å²) in [7, 11) is 4.34. The number of hydrogen-bond acceptors (Lipinski definition) is 3. The Morgan fingerprint density at radius 1 is 1.00 bits per heavy atom. The lowest BCUT2D eigenvalue weighted by molar-refractivity contribution is 0.0853. The monoisotopic (exact) mass is 336 g/mol. The number of nitrogens with one attached hydrogen (secondary N) is 1. The van der Waals surface area contributed by atoms with Gasteiger partial charge in [0.05, 0.1) is 0 Å². The highest BCUT2D eigenvalue weighted by Crippen LogP contribution is 2.42. The maximum Gasteiger partial charge on any atom is 0.317 e. The number of carbonyl (C=O) groups excluding carboxylic acids is 1. The van der Waals surface area contributed by atoms with Crippen molar-refractivity contribution >= 4 is 6.03 Å². The molecule has 1 aliphatic carbocycles. The molecule has 24 heavy (non-hydrogen) atoms. The number of hydrogen-bond donors (Lipinski definition) is 1. The zero-order chi connectivity index (χ0) is 17.0. The Morgan fingerprint density at radius 3 is 2.46 bits per heavy atom. The van der Waals surface area contributed by atoms with E-state index in [1.807, 2.05) is 0 Å². The first-order valence-electron chi connectivity index (χ1n) is 10.00. The molecule has 0 unspecified atom stereocenters. The highest BCUT2D eigenvalue weighted by atomic mass is 16.2. The summed E-state index contributed by atoms with van der Waals surface area (Å²) in [6.45, 7) is 5.94. The van der Waals surface area contributed by atoms with E-state index in [4.69, 9.17) is 0 Å². The maximum atomic E-state index is 12.7. The minimum atomic E-state index is 0.167. The molecule has 3 rings (SSSR count). The molecule has 0 bridgehead atoms. The van der Waals surface area contributed by atoms with Gasteiger partial charge in [0.2, 0.25) is 0 Å². The molecular formula is C19H36N4O. The van der Waals surface area contributed by atoms with E-state index < -0.39 is 0 Å². The SMILES string of the molecule is CN1CCN(C)[C@H](CNC(=O)N2CCCC3(CCCCCC3)C2)C1. The zero-order valence-electron chi connectivity index (χ0n) is 15.7. The van der Waals surface area contributed by atoms with Crippen molar-refractivity contribution in [2.24, 2.45) is 5.41 Å². The highest BCUT2D eigenvalue weighted by molar-refractivity contribution is 5.74. The van der Waals surface area contributed by atoms with Crippen molar-refractivity contribution in [1.82, 2.24) is 20.0 Å². The molecule has 0 radical (unpaired) electrons. The van der Waals surface area contributed by atoms with Crippen LogP contribution in [0, 0.1) is 5.41 Å². The Labute approximate surface area is 147 Å². The molecule has 0 aromatic carbocycles. The summed E-state index contributed by atoms with van der Waals surface area (Å²) in [4.78, 5) is 19.6. The molecule has 0 aromatic rings. The van der Waals surface area contributed by atoms with Crippen molar-refractivity contribution in [3.8, 4) is 0 Å². The van der Waals surface area contributed by atoms with E-state index in [0.29, 0.717) is 11.5 Å². The van der Waals surface area contributed by atoms with Gasteiger partial charge in [-0.15, -0.1) is 0 Å². The van der Waals surface area contributed by atoms with E-state index in [1.165, 1.54) is 51.4 Å². The second-order valence-corrected chi connectivity index (χ2v) is 8.52. The largest absolute Gasteiger partial charge is 0.336 e. The van der Waals surface area contributed by atoms with E-state index in [1.54, 1.807) is 0 Å². The lowest BCUT2D eigenvalue weighted by Gasteiger charge is -2.43. The summed E-state index contributed by atoms with van der Waals surface area (Å²) in [5.41, 5.74) is 0.425. The first-order valence-corrected chi connectivity index (χ1v) is 10.00. The molecule has 2 saturated heterocycles. The minimum absolute atomic E-state index is 0.167. The molecule has 1 atom stereocenters. The van der Waals surface area contributed by atoms with Gasteiger partial charge < -0.3 is 15.1 Å². The number of carbonyl (C=O) groups is 1. The molecule has 1 N–H and O–H groups in total. The molecule has 3 aliphatic rings. The highest BCUT2D eigenvalue weighted by Gasteiger charge is 2.37. The number of urea groups is 1.